The smallest absolute Gasteiger partial charge is 0.273 e. The summed E-state index contributed by atoms with van der Waals surface area (Å²) in [6.07, 6.45) is 1.14. The van der Waals surface area contributed by atoms with Crippen molar-refractivity contribution in [3.63, 3.8) is 0 Å². The lowest BCUT2D eigenvalue weighted by molar-refractivity contribution is -0.133. The van der Waals surface area contributed by atoms with Crippen molar-refractivity contribution in [1.29, 1.82) is 0 Å². The van der Waals surface area contributed by atoms with E-state index in [0.717, 1.165) is 12.0 Å². The molecule has 2 heterocycles. The number of carbonyl (C=O) groups is 2. The number of ether oxygens (including phenoxy) is 1. The molecule has 1 aliphatic heterocycles. The van der Waals surface area contributed by atoms with E-state index < -0.39 is 0 Å². The van der Waals surface area contributed by atoms with Gasteiger partial charge in [0.2, 0.25) is 5.91 Å². The van der Waals surface area contributed by atoms with E-state index in [1.807, 2.05) is 42.2 Å². The summed E-state index contributed by atoms with van der Waals surface area (Å²) < 4.78 is 5.15. The fourth-order valence-electron chi connectivity index (χ4n) is 3.35. The Morgan fingerprint density at radius 3 is 2.70 bits per heavy atom. The minimum atomic E-state index is -0.0684. The quantitative estimate of drug-likeness (QED) is 0.791. The van der Waals surface area contributed by atoms with Gasteiger partial charge >= 0.3 is 0 Å². The fourth-order valence-corrected chi connectivity index (χ4v) is 4.20. The summed E-state index contributed by atoms with van der Waals surface area (Å²) in [5.41, 5.74) is 1.78. The largest absolute Gasteiger partial charge is 0.473 e. The molecule has 1 fully saturated rings. The number of methoxy groups -OCH3 is 1. The number of hydrogen-bond donors (Lipinski definition) is 0. The van der Waals surface area contributed by atoms with Crippen molar-refractivity contribution in [3.05, 3.63) is 46.5 Å². The first kappa shape index (κ1) is 19.4. The molecule has 1 atom stereocenters. The van der Waals surface area contributed by atoms with Crippen molar-refractivity contribution < 1.29 is 14.3 Å². The zero-order valence-corrected chi connectivity index (χ0v) is 16.8. The second kappa shape index (κ2) is 8.52. The summed E-state index contributed by atoms with van der Waals surface area (Å²) in [5, 5.41) is 0.486. The normalized spacial score (nSPS) is 17.7. The van der Waals surface area contributed by atoms with Crippen LogP contribution in [0.1, 0.15) is 40.7 Å². The average molecular weight is 388 g/mol. The lowest BCUT2D eigenvalue weighted by atomic mass is 10.1. The van der Waals surface area contributed by atoms with Gasteiger partial charge in [-0.25, -0.2) is 4.98 Å². The maximum atomic E-state index is 13.0. The zero-order valence-electron chi connectivity index (χ0n) is 16.0. The van der Waals surface area contributed by atoms with E-state index in [1.165, 1.54) is 11.3 Å². The van der Waals surface area contributed by atoms with Crippen molar-refractivity contribution in [1.82, 2.24) is 14.8 Å². The van der Waals surface area contributed by atoms with Crippen LogP contribution in [-0.4, -0.2) is 52.8 Å². The highest BCUT2D eigenvalue weighted by atomic mass is 32.1. The standard InChI is InChI=1S/C20H25N3O3S/c1-4-16-13-22(19(25)18-14(2)21-20(26-3)27-18)11-10-17(24)23(16)12-15-8-6-5-7-9-15/h5-9,16H,4,10-13H2,1-3H3/t16-/m0/s1. The molecule has 1 aliphatic rings. The molecule has 0 spiro atoms. The predicted molar refractivity (Wildman–Crippen MR) is 105 cm³/mol. The zero-order chi connectivity index (χ0) is 19.4. The van der Waals surface area contributed by atoms with Crippen LogP contribution in [0.2, 0.25) is 0 Å². The Balaban J connectivity index is 1.79. The monoisotopic (exact) mass is 387 g/mol. The van der Waals surface area contributed by atoms with Gasteiger partial charge in [-0.3, -0.25) is 9.59 Å². The molecule has 27 heavy (non-hydrogen) atoms. The lowest BCUT2D eigenvalue weighted by Gasteiger charge is -2.31. The summed E-state index contributed by atoms with van der Waals surface area (Å²) >= 11 is 1.26. The number of carbonyl (C=O) groups excluding carboxylic acids is 2. The van der Waals surface area contributed by atoms with Gasteiger partial charge in [-0.15, -0.1) is 0 Å². The number of aromatic nitrogens is 1. The van der Waals surface area contributed by atoms with E-state index in [2.05, 4.69) is 11.9 Å². The molecular weight excluding hydrogens is 362 g/mol. The topological polar surface area (TPSA) is 62.7 Å². The first-order valence-electron chi connectivity index (χ1n) is 9.17. The van der Waals surface area contributed by atoms with E-state index in [9.17, 15) is 9.59 Å². The predicted octanol–water partition coefficient (Wildman–Crippen LogP) is 3.11. The molecule has 1 saturated heterocycles. The minimum absolute atomic E-state index is 0.000667. The first-order chi connectivity index (χ1) is 13.0. The number of aryl methyl sites for hydroxylation is 1. The maximum absolute atomic E-state index is 13.0. The molecule has 0 radical (unpaired) electrons. The van der Waals surface area contributed by atoms with E-state index in [-0.39, 0.29) is 17.9 Å². The molecule has 1 aromatic heterocycles. The van der Waals surface area contributed by atoms with Gasteiger partial charge in [0.25, 0.3) is 11.1 Å². The van der Waals surface area contributed by atoms with Crippen molar-refractivity contribution in [3.8, 4) is 5.19 Å². The van der Waals surface area contributed by atoms with Crippen LogP contribution in [-0.2, 0) is 11.3 Å². The molecular formula is C20H25N3O3S. The molecule has 6 nitrogen and oxygen atoms in total. The summed E-state index contributed by atoms with van der Waals surface area (Å²) in [5.74, 6) is 0.0284. The van der Waals surface area contributed by atoms with Crippen LogP contribution in [0.25, 0.3) is 0 Å². The Kier molecular flexibility index (Phi) is 6.11. The Hall–Kier alpha value is -2.41. The number of nitrogens with zero attached hydrogens (tertiary/aromatic N) is 3. The summed E-state index contributed by atoms with van der Waals surface area (Å²) in [4.78, 5) is 34.4. The molecule has 3 rings (SSSR count). The SMILES string of the molecule is CC[C@H]1CN(C(=O)c2sc(OC)nc2C)CCC(=O)N1Cc1ccccc1. The van der Waals surface area contributed by atoms with E-state index in [4.69, 9.17) is 4.74 Å². The molecule has 0 N–H and O–H groups in total. The highest BCUT2D eigenvalue weighted by Gasteiger charge is 2.32. The number of rotatable bonds is 5. The van der Waals surface area contributed by atoms with Crippen LogP contribution in [0.15, 0.2) is 30.3 Å². The third-order valence-corrected chi connectivity index (χ3v) is 5.99. The van der Waals surface area contributed by atoms with Crippen LogP contribution in [0.4, 0.5) is 0 Å². The molecule has 0 aliphatic carbocycles. The van der Waals surface area contributed by atoms with Crippen molar-refractivity contribution in [2.45, 2.75) is 39.3 Å². The third kappa shape index (κ3) is 4.30. The second-order valence-electron chi connectivity index (χ2n) is 6.67. The molecule has 0 saturated carbocycles. The molecule has 144 valence electrons. The number of hydrogen-bond acceptors (Lipinski definition) is 5. The van der Waals surface area contributed by atoms with Crippen LogP contribution in [0.3, 0.4) is 0 Å². The first-order valence-corrected chi connectivity index (χ1v) is 9.99. The highest BCUT2D eigenvalue weighted by molar-refractivity contribution is 7.15. The number of amides is 2. The van der Waals surface area contributed by atoms with Crippen LogP contribution < -0.4 is 4.74 Å². The summed E-state index contributed by atoms with van der Waals surface area (Å²) in [7, 11) is 1.55. The number of thiazole rings is 1. The minimum Gasteiger partial charge on any atom is -0.473 e. The van der Waals surface area contributed by atoms with Crippen LogP contribution in [0.5, 0.6) is 5.19 Å². The van der Waals surface area contributed by atoms with Crippen molar-refractivity contribution in [2.24, 2.45) is 0 Å². The Morgan fingerprint density at radius 2 is 2.07 bits per heavy atom. The van der Waals surface area contributed by atoms with Gasteiger partial charge < -0.3 is 14.5 Å². The van der Waals surface area contributed by atoms with Gasteiger partial charge in [-0.1, -0.05) is 48.6 Å². The van der Waals surface area contributed by atoms with Crippen LogP contribution in [0, 0.1) is 6.92 Å². The lowest BCUT2D eigenvalue weighted by Crippen LogP contribution is -2.43. The van der Waals surface area contributed by atoms with E-state index >= 15 is 0 Å². The third-order valence-electron chi connectivity index (χ3n) is 4.89. The summed E-state index contributed by atoms with van der Waals surface area (Å²) in [6.45, 7) is 5.42. The molecule has 2 amide bonds. The maximum Gasteiger partial charge on any atom is 0.273 e. The molecule has 0 bridgehead atoms. The highest BCUT2D eigenvalue weighted by Crippen LogP contribution is 2.27. The van der Waals surface area contributed by atoms with Crippen molar-refractivity contribution >= 4 is 23.2 Å². The Labute approximate surface area is 163 Å². The van der Waals surface area contributed by atoms with E-state index in [1.54, 1.807) is 12.0 Å². The van der Waals surface area contributed by atoms with Gasteiger partial charge in [-0.2, -0.15) is 0 Å². The molecule has 0 unspecified atom stereocenters. The van der Waals surface area contributed by atoms with Crippen LogP contribution >= 0.6 is 11.3 Å². The van der Waals surface area contributed by atoms with E-state index in [0.29, 0.717) is 41.8 Å². The van der Waals surface area contributed by atoms with Gasteiger partial charge in [0, 0.05) is 32.1 Å². The molecule has 7 heteroatoms. The molecule has 1 aromatic carbocycles. The van der Waals surface area contributed by atoms with Gasteiger partial charge in [0.05, 0.1) is 12.8 Å². The second-order valence-corrected chi connectivity index (χ2v) is 7.63. The van der Waals surface area contributed by atoms with Crippen molar-refractivity contribution in [2.75, 3.05) is 20.2 Å². The van der Waals surface area contributed by atoms with Gasteiger partial charge in [0.1, 0.15) is 4.88 Å². The fraction of sp³-hybridized carbons (Fsp3) is 0.450. The van der Waals surface area contributed by atoms with Gasteiger partial charge in [-0.05, 0) is 18.9 Å². The Bertz CT molecular complexity index is 806. The number of benzene rings is 1. The average Bonchev–Trinajstić information content (AvgIpc) is 2.99. The molecule has 2 aromatic rings. The Morgan fingerprint density at radius 1 is 1.33 bits per heavy atom. The summed E-state index contributed by atoms with van der Waals surface area (Å²) in [6, 6.07) is 9.99. The van der Waals surface area contributed by atoms with Gasteiger partial charge in [0.15, 0.2) is 0 Å².